The van der Waals surface area contributed by atoms with Crippen LogP contribution in [0.25, 0.3) is 0 Å². The van der Waals surface area contributed by atoms with Gasteiger partial charge in [-0.25, -0.2) is 0 Å². The summed E-state index contributed by atoms with van der Waals surface area (Å²) in [5.74, 6) is 0.0635. The molecule has 134 valence electrons. The third-order valence-electron chi connectivity index (χ3n) is 4.28. The maximum absolute atomic E-state index is 12.6. The molecule has 2 aromatic carbocycles. The zero-order chi connectivity index (χ0) is 16.9. The third-order valence-corrected chi connectivity index (χ3v) is 4.54. The monoisotopic (exact) mass is 380 g/mol. The van der Waals surface area contributed by atoms with E-state index in [9.17, 15) is 4.79 Å². The SMILES string of the molecule is Cl.NC(CC(=O)N1CCOC(c2ccc(Cl)cc2)C1)c1ccccc1. The van der Waals surface area contributed by atoms with Crippen LogP contribution in [-0.2, 0) is 9.53 Å². The molecule has 0 spiro atoms. The Labute approximate surface area is 159 Å². The van der Waals surface area contributed by atoms with E-state index >= 15 is 0 Å². The van der Waals surface area contributed by atoms with E-state index in [-0.39, 0.29) is 30.5 Å². The number of rotatable bonds is 4. The molecule has 3 rings (SSSR count). The molecule has 1 fully saturated rings. The van der Waals surface area contributed by atoms with Crippen molar-refractivity contribution in [2.45, 2.75) is 18.6 Å². The molecular formula is C19H22Cl2N2O2. The van der Waals surface area contributed by atoms with Crippen LogP contribution in [0.2, 0.25) is 5.02 Å². The molecule has 2 atom stereocenters. The first kappa shape index (κ1) is 19.7. The number of carbonyl (C=O) groups excluding carboxylic acids is 1. The first-order valence-electron chi connectivity index (χ1n) is 8.09. The molecule has 2 unspecified atom stereocenters. The maximum atomic E-state index is 12.6. The van der Waals surface area contributed by atoms with E-state index in [0.29, 0.717) is 31.1 Å². The van der Waals surface area contributed by atoms with Gasteiger partial charge < -0.3 is 15.4 Å². The average molecular weight is 381 g/mol. The summed E-state index contributed by atoms with van der Waals surface area (Å²) in [6.45, 7) is 1.67. The summed E-state index contributed by atoms with van der Waals surface area (Å²) in [5.41, 5.74) is 8.18. The highest BCUT2D eigenvalue weighted by molar-refractivity contribution is 6.30. The molecule has 0 radical (unpaired) electrons. The van der Waals surface area contributed by atoms with Crippen LogP contribution in [0.1, 0.15) is 29.7 Å². The topological polar surface area (TPSA) is 55.6 Å². The summed E-state index contributed by atoms with van der Waals surface area (Å²) in [7, 11) is 0. The van der Waals surface area contributed by atoms with E-state index in [1.54, 1.807) is 0 Å². The van der Waals surface area contributed by atoms with E-state index in [1.165, 1.54) is 0 Å². The fraction of sp³-hybridized carbons (Fsp3) is 0.316. The van der Waals surface area contributed by atoms with Crippen LogP contribution in [0, 0.1) is 0 Å². The maximum Gasteiger partial charge on any atom is 0.224 e. The zero-order valence-electron chi connectivity index (χ0n) is 13.8. The minimum atomic E-state index is -0.282. The number of hydrogen-bond donors (Lipinski definition) is 1. The quantitative estimate of drug-likeness (QED) is 0.878. The first-order valence-corrected chi connectivity index (χ1v) is 8.46. The number of benzene rings is 2. The Balaban J connectivity index is 0.00000225. The van der Waals surface area contributed by atoms with Gasteiger partial charge in [0.15, 0.2) is 0 Å². The van der Waals surface area contributed by atoms with E-state index < -0.39 is 0 Å². The smallest absolute Gasteiger partial charge is 0.224 e. The molecule has 4 nitrogen and oxygen atoms in total. The van der Waals surface area contributed by atoms with Crippen LogP contribution in [0.3, 0.4) is 0 Å². The van der Waals surface area contributed by atoms with Crippen molar-refractivity contribution in [2.24, 2.45) is 5.73 Å². The molecular weight excluding hydrogens is 359 g/mol. The van der Waals surface area contributed by atoms with Crippen molar-refractivity contribution in [3.05, 3.63) is 70.7 Å². The van der Waals surface area contributed by atoms with Crippen molar-refractivity contribution < 1.29 is 9.53 Å². The molecule has 6 heteroatoms. The van der Waals surface area contributed by atoms with Gasteiger partial charge in [-0.05, 0) is 23.3 Å². The summed E-state index contributed by atoms with van der Waals surface area (Å²) < 4.78 is 5.81. The van der Waals surface area contributed by atoms with E-state index in [0.717, 1.165) is 11.1 Å². The predicted molar refractivity (Wildman–Crippen MR) is 102 cm³/mol. The molecule has 1 heterocycles. The number of amides is 1. The van der Waals surface area contributed by atoms with E-state index in [2.05, 4.69) is 0 Å². The molecule has 1 aliphatic heterocycles. The second-order valence-electron chi connectivity index (χ2n) is 5.97. The average Bonchev–Trinajstić information content (AvgIpc) is 2.63. The van der Waals surface area contributed by atoms with Crippen LogP contribution < -0.4 is 5.73 Å². The van der Waals surface area contributed by atoms with Crippen LogP contribution in [-0.4, -0.2) is 30.5 Å². The van der Waals surface area contributed by atoms with Gasteiger partial charge in [0.05, 0.1) is 13.2 Å². The van der Waals surface area contributed by atoms with Gasteiger partial charge in [0.1, 0.15) is 6.10 Å². The number of nitrogens with zero attached hydrogens (tertiary/aromatic N) is 1. The normalized spacial score (nSPS) is 18.3. The Morgan fingerprint density at radius 2 is 1.88 bits per heavy atom. The molecule has 2 aromatic rings. The van der Waals surface area contributed by atoms with Gasteiger partial charge in [0, 0.05) is 24.0 Å². The van der Waals surface area contributed by atoms with Crippen molar-refractivity contribution in [1.82, 2.24) is 4.90 Å². The molecule has 0 bridgehead atoms. The highest BCUT2D eigenvalue weighted by Gasteiger charge is 2.26. The molecule has 0 aliphatic carbocycles. The van der Waals surface area contributed by atoms with Gasteiger partial charge in [-0.15, -0.1) is 12.4 Å². The molecule has 2 N–H and O–H groups in total. The number of nitrogens with two attached hydrogens (primary N) is 1. The Bertz CT molecular complexity index is 680. The van der Waals surface area contributed by atoms with Crippen molar-refractivity contribution in [1.29, 1.82) is 0 Å². The van der Waals surface area contributed by atoms with E-state index in [1.807, 2.05) is 59.5 Å². The lowest BCUT2D eigenvalue weighted by atomic mass is 10.0. The van der Waals surface area contributed by atoms with Crippen LogP contribution in [0.15, 0.2) is 54.6 Å². The standard InChI is InChI=1S/C19H21ClN2O2.ClH/c20-16-8-6-15(7-9-16)18-13-22(10-11-24-18)19(23)12-17(21)14-4-2-1-3-5-14;/h1-9,17-18H,10-13,21H2;1H. The van der Waals surface area contributed by atoms with Crippen LogP contribution in [0.5, 0.6) is 0 Å². The Kier molecular flexibility index (Phi) is 7.26. The summed E-state index contributed by atoms with van der Waals surface area (Å²) in [4.78, 5) is 14.4. The minimum absolute atomic E-state index is 0. The molecule has 1 amide bonds. The summed E-state index contributed by atoms with van der Waals surface area (Å²) in [5, 5.41) is 0.691. The summed E-state index contributed by atoms with van der Waals surface area (Å²) in [6, 6.07) is 17.0. The third kappa shape index (κ3) is 5.19. The van der Waals surface area contributed by atoms with Crippen molar-refractivity contribution >= 4 is 29.9 Å². The molecule has 25 heavy (non-hydrogen) atoms. The molecule has 0 saturated carbocycles. The number of ether oxygens (including phenoxy) is 1. The second-order valence-corrected chi connectivity index (χ2v) is 6.41. The fourth-order valence-corrected chi connectivity index (χ4v) is 3.02. The van der Waals surface area contributed by atoms with Crippen molar-refractivity contribution in [3.63, 3.8) is 0 Å². The number of morpholine rings is 1. The van der Waals surface area contributed by atoms with Gasteiger partial charge in [0.2, 0.25) is 5.91 Å². The van der Waals surface area contributed by atoms with Gasteiger partial charge in [-0.2, -0.15) is 0 Å². The van der Waals surface area contributed by atoms with Crippen LogP contribution >= 0.6 is 24.0 Å². The Morgan fingerprint density at radius 1 is 1.20 bits per heavy atom. The lowest BCUT2D eigenvalue weighted by molar-refractivity contribution is -0.139. The minimum Gasteiger partial charge on any atom is -0.370 e. The lowest BCUT2D eigenvalue weighted by Crippen LogP contribution is -2.43. The highest BCUT2D eigenvalue weighted by atomic mass is 35.5. The van der Waals surface area contributed by atoms with Gasteiger partial charge in [0.25, 0.3) is 0 Å². The van der Waals surface area contributed by atoms with Gasteiger partial charge >= 0.3 is 0 Å². The second kappa shape index (κ2) is 9.20. The van der Waals surface area contributed by atoms with Crippen molar-refractivity contribution in [2.75, 3.05) is 19.7 Å². The highest BCUT2D eigenvalue weighted by Crippen LogP contribution is 2.25. The number of carbonyl (C=O) groups is 1. The van der Waals surface area contributed by atoms with Crippen LogP contribution in [0.4, 0.5) is 0 Å². The molecule has 0 aromatic heterocycles. The largest absolute Gasteiger partial charge is 0.370 e. The van der Waals surface area contributed by atoms with Gasteiger partial charge in [-0.3, -0.25) is 4.79 Å². The van der Waals surface area contributed by atoms with Gasteiger partial charge in [-0.1, -0.05) is 54.1 Å². The molecule has 1 aliphatic rings. The van der Waals surface area contributed by atoms with E-state index in [4.69, 9.17) is 22.1 Å². The number of hydrogen-bond acceptors (Lipinski definition) is 3. The first-order chi connectivity index (χ1) is 11.6. The molecule has 1 saturated heterocycles. The summed E-state index contributed by atoms with van der Waals surface area (Å²) >= 11 is 5.93. The number of halogens is 2. The Morgan fingerprint density at radius 3 is 2.56 bits per heavy atom. The summed E-state index contributed by atoms with van der Waals surface area (Å²) in [6.07, 6.45) is 0.185. The predicted octanol–water partition coefficient (Wildman–Crippen LogP) is 3.75. The fourth-order valence-electron chi connectivity index (χ4n) is 2.89. The lowest BCUT2D eigenvalue weighted by Gasteiger charge is -2.34. The Hall–Kier alpha value is -1.59. The van der Waals surface area contributed by atoms with Crippen molar-refractivity contribution in [3.8, 4) is 0 Å². The zero-order valence-corrected chi connectivity index (χ0v) is 15.4.